The van der Waals surface area contributed by atoms with E-state index < -0.39 is 11.6 Å². The summed E-state index contributed by atoms with van der Waals surface area (Å²) in [6.45, 7) is 2.74. The third kappa shape index (κ3) is 2.70. The van der Waals surface area contributed by atoms with Gasteiger partial charge in [0.15, 0.2) is 0 Å². The number of para-hydroxylation sites is 1. The molecule has 18 heavy (non-hydrogen) atoms. The van der Waals surface area contributed by atoms with Crippen LogP contribution in [0.15, 0.2) is 24.3 Å². The van der Waals surface area contributed by atoms with E-state index in [2.05, 4.69) is 17.6 Å². The van der Waals surface area contributed by atoms with E-state index in [4.69, 9.17) is 0 Å². The zero-order valence-electron chi connectivity index (χ0n) is 10.6. The van der Waals surface area contributed by atoms with E-state index in [0.717, 1.165) is 24.1 Å². The molecule has 0 radical (unpaired) electrons. The normalized spacial score (nSPS) is 23.0. The Balaban J connectivity index is 2.11. The third-order valence-corrected chi connectivity index (χ3v) is 3.30. The van der Waals surface area contributed by atoms with Gasteiger partial charge in [0, 0.05) is 18.7 Å². The standard InChI is InChI=1S/C14H19FN2O/c1-2-5-11-6-3-4-7-12(11)17-13(18)14(15)8-9-16-10-14/h3-4,6-7,16H,2,5,8-10H2,1H3,(H,17,18)/t14-/m0/s1. The Morgan fingerprint density at radius 3 is 2.94 bits per heavy atom. The van der Waals surface area contributed by atoms with Crippen LogP contribution in [0.25, 0.3) is 0 Å². The van der Waals surface area contributed by atoms with Crippen molar-refractivity contribution in [3.8, 4) is 0 Å². The second-order valence-corrected chi connectivity index (χ2v) is 4.75. The average molecular weight is 250 g/mol. The third-order valence-electron chi connectivity index (χ3n) is 3.30. The van der Waals surface area contributed by atoms with Gasteiger partial charge in [0.2, 0.25) is 5.67 Å². The molecule has 0 aromatic heterocycles. The van der Waals surface area contributed by atoms with Gasteiger partial charge in [-0.05, 0) is 24.6 Å². The molecule has 1 saturated heterocycles. The molecule has 2 rings (SSSR count). The minimum Gasteiger partial charge on any atom is -0.323 e. The lowest BCUT2D eigenvalue weighted by Crippen LogP contribution is -2.40. The number of hydrogen-bond donors (Lipinski definition) is 2. The predicted octanol–water partition coefficient (Wildman–Crippen LogP) is 2.28. The fraction of sp³-hybridized carbons (Fsp3) is 0.500. The Kier molecular flexibility index (Phi) is 3.97. The molecule has 0 unspecified atom stereocenters. The van der Waals surface area contributed by atoms with E-state index >= 15 is 0 Å². The largest absolute Gasteiger partial charge is 0.323 e. The van der Waals surface area contributed by atoms with Gasteiger partial charge in [-0.2, -0.15) is 0 Å². The number of rotatable bonds is 4. The second kappa shape index (κ2) is 5.48. The Morgan fingerprint density at radius 2 is 2.28 bits per heavy atom. The number of carbonyl (C=O) groups is 1. The number of aryl methyl sites for hydroxylation is 1. The number of anilines is 1. The van der Waals surface area contributed by atoms with Crippen molar-refractivity contribution in [2.75, 3.05) is 18.4 Å². The molecule has 0 aliphatic carbocycles. The maximum atomic E-state index is 14.2. The van der Waals surface area contributed by atoms with Crippen LogP contribution in [0.1, 0.15) is 25.3 Å². The smallest absolute Gasteiger partial charge is 0.263 e. The molecular weight excluding hydrogens is 231 g/mol. The van der Waals surface area contributed by atoms with Crippen LogP contribution in [0.2, 0.25) is 0 Å². The monoisotopic (exact) mass is 250 g/mol. The van der Waals surface area contributed by atoms with Crippen LogP contribution in [0.3, 0.4) is 0 Å². The maximum Gasteiger partial charge on any atom is 0.263 e. The quantitative estimate of drug-likeness (QED) is 0.860. The van der Waals surface area contributed by atoms with Gasteiger partial charge < -0.3 is 10.6 Å². The van der Waals surface area contributed by atoms with Crippen molar-refractivity contribution in [1.29, 1.82) is 0 Å². The van der Waals surface area contributed by atoms with E-state index in [9.17, 15) is 9.18 Å². The van der Waals surface area contributed by atoms with E-state index in [1.807, 2.05) is 24.3 Å². The molecular formula is C14H19FN2O. The zero-order chi connectivity index (χ0) is 13.0. The second-order valence-electron chi connectivity index (χ2n) is 4.75. The Bertz CT molecular complexity index is 428. The fourth-order valence-corrected chi connectivity index (χ4v) is 2.22. The fourth-order valence-electron chi connectivity index (χ4n) is 2.22. The highest BCUT2D eigenvalue weighted by molar-refractivity contribution is 5.98. The summed E-state index contributed by atoms with van der Waals surface area (Å²) in [7, 11) is 0. The molecule has 2 N–H and O–H groups in total. The van der Waals surface area contributed by atoms with Gasteiger partial charge in [0.1, 0.15) is 0 Å². The number of amides is 1. The molecule has 98 valence electrons. The van der Waals surface area contributed by atoms with Crippen LogP contribution in [0.4, 0.5) is 10.1 Å². The van der Waals surface area contributed by atoms with E-state index in [1.54, 1.807) is 0 Å². The van der Waals surface area contributed by atoms with Gasteiger partial charge in [-0.15, -0.1) is 0 Å². The molecule has 1 amide bonds. The first-order chi connectivity index (χ1) is 8.65. The highest BCUT2D eigenvalue weighted by Gasteiger charge is 2.41. The minimum atomic E-state index is -1.76. The zero-order valence-corrected chi connectivity index (χ0v) is 10.6. The van der Waals surface area contributed by atoms with Gasteiger partial charge in [-0.1, -0.05) is 31.5 Å². The highest BCUT2D eigenvalue weighted by Crippen LogP contribution is 2.24. The summed E-state index contributed by atoms with van der Waals surface area (Å²) in [5.74, 6) is -0.531. The lowest BCUT2D eigenvalue weighted by atomic mass is 10.0. The molecule has 1 aliphatic heterocycles. The number of benzene rings is 1. The number of carbonyl (C=O) groups excluding carboxylic acids is 1. The van der Waals surface area contributed by atoms with E-state index in [-0.39, 0.29) is 13.0 Å². The molecule has 0 spiro atoms. The van der Waals surface area contributed by atoms with Crippen molar-refractivity contribution < 1.29 is 9.18 Å². The average Bonchev–Trinajstić information content (AvgIpc) is 2.80. The van der Waals surface area contributed by atoms with Gasteiger partial charge >= 0.3 is 0 Å². The summed E-state index contributed by atoms with van der Waals surface area (Å²) in [6.07, 6.45) is 2.12. The van der Waals surface area contributed by atoms with E-state index in [1.165, 1.54) is 0 Å². The summed E-state index contributed by atoms with van der Waals surface area (Å²) in [4.78, 5) is 12.0. The van der Waals surface area contributed by atoms with Crippen molar-refractivity contribution in [3.05, 3.63) is 29.8 Å². The molecule has 3 nitrogen and oxygen atoms in total. The van der Waals surface area contributed by atoms with Crippen LogP contribution in [-0.2, 0) is 11.2 Å². The Hall–Kier alpha value is -1.42. The number of hydrogen-bond acceptors (Lipinski definition) is 2. The molecule has 1 aromatic carbocycles. The van der Waals surface area contributed by atoms with Crippen LogP contribution >= 0.6 is 0 Å². The van der Waals surface area contributed by atoms with Gasteiger partial charge in [-0.3, -0.25) is 4.79 Å². The van der Waals surface area contributed by atoms with Crippen LogP contribution < -0.4 is 10.6 Å². The first-order valence-corrected chi connectivity index (χ1v) is 6.45. The number of halogens is 1. The predicted molar refractivity (Wildman–Crippen MR) is 70.4 cm³/mol. The van der Waals surface area contributed by atoms with Gasteiger partial charge in [0.05, 0.1) is 0 Å². The SMILES string of the molecule is CCCc1ccccc1NC(=O)[C@]1(F)CCNC1. The van der Waals surface area contributed by atoms with Crippen molar-refractivity contribution in [2.45, 2.75) is 31.9 Å². The van der Waals surface area contributed by atoms with Crippen LogP contribution in [0.5, 0.6) is 0 Å². The van der Waals surface area contributed by atoms with Crippen molar-refractivity contribution in [1.82, 2.24) is 5.32 Å². The lowest BCUT2D eigenvalue weighted by Gasteiger charge is -2.19. The molecule has 1 fully saturated rings. The van der Waals surface area contributed by atoms with Gasteiger partial charge in [0.25, 0.3) is 5.91 Å². The first-order valence-electron chi connectivity index (χ1n) is 6.45. The lowest BCUT2D eigenvalue weighted by molar-refractivity contribution is -0.126. The minimum absolute atomic E-state index is 0.106. The summed E-state index contributed by atoms with van der Waals surface area (Å²) < 4.78 is 14.2. The Labute approximate surface area is 107 Å². The maximum absolute atomic E-state index is 14.2. The van der Waals surface area contributed by atoms with Crippen molar-refractivity contribution >= 4 is 11.6 Å². The summed E-state index contributed by atoms with van der Waals surface area (Å²) >= 11 is 0. The molecule has 1 aromatic rings. The summed E-state index contributed by atoms with van der Waals surface area (Å²) in [6, 6.07) is 7.58. The van der Waals surface area contributed by atoms with Crippen molar-refractivity contribution in [3.63, 3.8) is 0 Å². The van der Waals surface area contributed by atoms with Crippen LogP contribution in [-0.4, -0.2) is 24.7 Å². The molecule has 0 bridgehead atoms. The molecule has 0 saturated carbocycles. The molecule has 1 aliphatic rings. The van der Waals surface area contributed by atoms with Crippen molar-refractivity contribution in [2.24, 2.45) is 0 Å². The van der Waals surface area contributed by atoms with Gasteiger partial charge in [-0.25, -0.2) is 4.39 Å². The Morgan fingerprint density at radius 1 is 1.50 bits per heavy atom. The topological polar surface area (TPSA) is 41.1 Å². The summed E-state index contributed by atoms with van der Waals surface area (Å²) in [5.41, 5.74) is 0.0236. The highest BCUT2D eigenvalue weighted by atomic mass is 19.1. The first kappa shape index (κ1) is 13.0. The number of alkyl halides is 1. The molecule has 1 atom stereocenters. The molecule has 1 heterocycles. The molecule has 4 heteroatoms. The van der Waals surface area contributed by atoms with E-state index in [0.29, 0.717) is 6.54 Å². The number of nitrogens with one attached hydrogen (secondary N) is 2. The van der Waals surface area contributed by atoms with Crippen LogP contribution in [0, 0.1) is 0 Å². The summed E-state index contributed by atoms with van der Waals surface area (Å²) in [5, 5.41) is 5.61.